The van der Waals surface area contributed by atoms with E-state index in [0.717, 1.165) is 5.76 Å². The maximum Gasteiger partial charge on any atom is 0.314 e. The van der Waals surface area contributed by atoms with Gasteiger partial charge in [0.2, 0.25) is 0 Å². The van der Waals surface area contributed by atoms with Crippen LogP contribution in [0, 0.1) is 17.0 Å². The lowest BCUT2D eigenvalue weighted by Gasteiger charge is -1.85. The molecule has 0 aliphatic carbocycles. The van der Waals surface area contributed by atoms with Gasteiger partial charge in [-0.1, -0.05) is 0 Å². The molecule has 4 nitrogen and oxygen atoms in total. The molecule has 0 atom stereocenters. The Morgan fingerprint density at radius 3 is 2.83 bits per heavy atom. The highest BCUT2D eigenvalue weighted by atomic mass is 79.9. The Bertz CT molecular complexity index is 329. The van der Waals surface area contributed by atoms with E-state index in [1.54, 1.807) is 19.1 Å². The topological polar surface area (TPSA) is 56.3 Å². The number of hydrogen-bond acceptors (Lipinski definition) is 3. The molecule has 0 saturated heterocycles. The summed E-state index contributed by atoms with van der Waals surface area (Å²) in [6, 6.07) is 3.41. The number of furan rings is 1. The molecule has 0 aliphatic rings. The van der Waals surface area contributed by atoms with Crippen LogP contribution in [0.25, 0.3) is 6.08 Å². The average molecular weight is 232 g/mol. The number of halogens is 1. The molecule has 0 bridgehead atoms. The second-order valence-electron chi connectivity index (χ2n) is 2.17. The van der Waals surface area contributed by atoms with E-state index < -0.39 is 4.92 Å². The van der Waals surface area contributed by atoms with Crippen molar-refractivity contribution in [3.63, 3.8) is 0 Å². The first-order chi connectivity index (χ1) is 5.59. The molecular formula is C7H6BrNO3. The predicted molar refractivity (Wildman–Crippen MR) is 47.3 cm³/mol. The van der Waals surface area contributed by atoms with Gasteiger partial charge in [0.1, 0.15) is 11.5 Å². The fourth-order valence-electron chi connectivity index (χ4n) is 0.701. The maximum absolute atomic E-state index is 10.2. The lowest BCUT2D eigenvalue weighted by Crippen LogP contribution is -1.88. The lowest BCUT2D eigenvalue weighted by atomic mass is 10.4. The smallest absolute Gasteiger partial charge is 0.314 e. The number of rotatable bonds is 2. The van der Waals surface area contributed by atoms with Crippen molar-refractivity contribution in [2.75, 3.05) is 0 Å². The summed E-state index contributed by atoms with van der Waals surface area (Å²) in [5.74, 6) is 1.20. The van der Waals surface area contributed by atoms with Crippen LogP contribution >= 0.6 is 15.9 Å². The zero-order valence-corrected chi connectivity index (χ0v) is 7.87. The normalized spacial score (nSPS) is 11.7. The Labute approximate surface area is 77.2 Å². The molecule has 0 N–H and O–H groups in total. The third-order valence-electron chi connectivity index (χ3n) is 1.20. The second kappa shape index (κ2) is 3.53. The van der Waals surface area contributed by atoms with Crippen LogP contribution in [0.15, 0.2) is 21.2 Å². The number of nitro groups is 1. The minimum atomic E-state index is -0.530. The molecule has 1 heterocycles. The summed E-state index contributed by atoms with van der Waals surface area (Å²) in [7, 11) is 0. The molecule has 1 rings (SSSR count). The molecule has 0 aromatic carbocycles. The van der Waals surface area contributed by atoms with Crippen LogP contribution in [0.1, 0.15) is 11.5 Å². The second-order valence-corrected chi connectivity index (χ2v) is 2.99. The van der Waals surface area contributed by atoms with Crippen molar-refractivity contribution in [3.8, 4) is 0 Å². The first-order valence-electron chi connectivity index (χ1n) is 3.17. The maximum atomic E-state index is 10.2. The Hall–Kier alpha value is -1.10. The van der Waals surface area contributed by atoms with Gasteiger partial charge in [0.05, 0.1) is 11.0 Å². The van der Waals surface area contributed by atoms with Gasteiger partial charge in [-0.05, 0) is 19.1 Å². The van der Waals surface area contributed by atoms with E-state index in [4.69, 9.17) is 4.42 Å². The average Bonchev–Trinajstić information content (AvgIpc) is 2.35. The first-order valence-corrected chi connectivity index (χ1v) is 3.97. The van der Waals surface area contributed by atoms with Crippen molar-refractivity contribution < 1.29 is 9.34 Å². The van der Waals surface area contributed by atoms with Crippen LogP contribution in [-0.2, 0) is 0 Å². The lowest BCUT2D eigenvalue weighted by molar-refractivity contribution is -0.407. The highest BCUT2D eigenvalue weighted by molar-refractivity contribution is 9.11. The van der Waals surface area contributed by atoms with Gasteiger partial charge >= 0.3 is 4.61 Å². The first kappa shape index (κ1) is 8.99. The molecule has 1 aromatic rings. The SMILES string of the molecule is Cc1ccc(/C=C(\Br)[N+](=O)[O-])o1. The van der Waals surface area contributed by atoms with Gasteiger partial charge in [0.25, 0.3) is 0 Å². The van der Waals surface area contributed by atoms with Crippen LogP contribution < -0.4 is 0 Å². The zero-order chi connectivity index (χ0) is 9.14. The Morgan fingerprint density at radius 1 is 1.75 bits per heavy atom. The van der Waals surface area contributed by atoms with Crippen LogP contribution in [0.5, 0.6) is 0 Å². The minimum absolute atomic E-state index is 0.114. The van der Waals surface area contributed by atoms with Crippen LogP contribution in [0.4, 0.5) is 0 Å². The van der Waals surface area contributed by atoms with Crippen molar-refractivity contribution in [2.24, 2.45) is 0 Å². The third-order valence-corrected chi connectivity index (χ3v) is 1.72. The van der Waals surface area contributed by atoms with E-state index in [-0.39, 0.29) is 4.61 Å². The van der Waals surface area contributed by atoms with Crippen molar-refractivity contribution in [2.45, 2.75) is 6.92 Å². The molecule has 0 radical (unpaired) electrons. The molecule has 0 aliphatic heterocycles. The molecule has 64 valence electrons. The summed E-state index contributed by atoms with van der Waals surface area (Å²) in [5, 5.41) is 10.2. The number of aryl methyl sites for hydroxylation is 1. The van der Waals surface area contributed by atoms with Crippen LogP contribution in [0.3, 0.4) is 0 Å². The quantitative estimate of drug-likeness (QED) is 0.447. The molecule has 5 heteroatoms. The molecule has 0 spiro atoms. The van der Waals surface area contributed by atoms with E-state index in [0.29, 0.717) is 5.76 Å². The van der Waals surface area contributed by atoms with Gasteiger partial charge < -0.3 is 4.42 Å². The Balaban J connectivity index is 2.87. The zero-order valence-electron chi connectivity index (χ0n) is 6.28. The number of hydrogen-bond donors (Lipinski definition) is 0. The van der Waals surface area contributed by atoms with Gasteiger partial charge in [-0.2, -0.15) is 0 Å². The summed E-state index contributed by atoms with van der Waals surface area (Å²) in [6.45, 7) is 1.78. The van der Waals surface area contributed by atoms with Crippen molar-refractivity contribution in [3.05, 3.63) is 38.4 Å². The van der Waals surface area contributed by atoms with Gasteiger partial charge in [-0.15, -0.1) is 0 Å². The molecule has 12 heavy (non-hydrogen) atoms. The molecule has 0 unspecified atom stereocenters. The molecule has 0 fully saturated rings. The standard InChI is InChI=1S/C7H6BrNO3/c1-5-2-3-6(12-5)4-7(8)9(10)11/h2-4H,1H3/b7-4+. The summed E-state index contributed by atoms with van der Waals surface area (Å²) >= 11 is 2.79. The monoisotopic (exact) mass is 231 g/mol. The Kier molecular flexibility index (Phi) is 2.65. The summed E-state index contributed by atoms with van der Waals surface area (Å²) < 4.78 is 4.98. The van der Waals surface area contributed by atoms with Gasteiger partial charge in [-0.3, -0.25) is 10.1 Å². The van der Waals surface area contributed by atoms with E-state index in [9.17, 15) is 10.1 Å². The highest BCUT2D eigenvalue weighted by Crippen LogP contribution is 2.14. The fraction of sp³-hybridized carbons (Fsp3) is 0.143. The van der Waals surface area contributed by atoms with E-state index in [1.807, 2.05) is 0 Å². The minimum Gasteiger partial charge on any atom is -0.462 e. The van der Waals surface area contributed by atoms with E-state index >= 15 is 0 Å². The summed E-state index contributed by atoms with van der Waals surface area (Å²) in [6.07, 6.45) is 1.31. The molecule has 0 saturated carbocycles. The predicted octanol–water partition coefficient (Wildman–Crippen LogP) is 2.56. The van der Waals surface area contributed by atoms with Crippen molar-refractivity contribution >= 4 is 22.0 Å². The third kappa shape index (κ3) is 2.20. The van der Waals surface area contributed by atoms with Gasteiger partial charge in [0.15, 0.2) is 0 Å². The van der Waals surface area contributed by atoms with Crippen molar-refractivity contribution in [1.82, 2.24) is 0 Å². The van der Waals surface area contributed by atoms with Gasteiger partial charge in [-0.25, -0.2) is 0 Å². The van der Waals surface area contributed by atoms with E-state index in [1.165, 1.54) is 6.08 Å². The van der Waals surface area contributed by atoms with Crippen molar-refractivity contribution in [1.29, 1.82) is 0 Å². The van der Waals surface area contributed by atoms with Crippen LogP contribution in [-0.4, -0.2) is 4.92 Å². The Morgan fingerprint density at radius 2 is 2.42 bits per heavy atom. The summed E-state index contributed by atoms with van der Waals surface area (Å²) in [4.78, 5) is 9.63. The van der Waals surface area contributed by atoms with Gasteiger partial charge in [0, 0.05) is 15.9 Å². The molecule has 1 aromatic heterocycles. The summed E-state index contributed by atoms with van der Waals surface area (Å²) in [5.41, 5.74) is 0. The highest BCUT2D eigenvalue weighted by Gasteiger charge is 2.05. The van der Waals surface area contributed by atoms with Crippen LogP contribution in [0.2, 0.25) is 0 Å². The molecule has 0 amide bonds. The molecular weight excluding hydrogens is 226 g/mol. The fourth-order valence-corrected chi connectivity index (χ4v) is 0.927. The number of nitrogens with zero attached hydrogens (tertiary/aromatic N) is 1. The largest absolute Gasteiger partial charge is 0.462 e. The van der Waals surface area contributed by atoms with E-state index in [2.05, 4.69) is 15.9 Å².